The molecule has 0 bridgehead atoms. The van der Waals surface area contributed by atoms with Crippen molar-refractivity contribution in [3.05, 3.63) is 45.9 Å². The molecule has 8 heteroatoms. The molecule has 2 aromatic heterocycles. The standard InChI is InChI=1S/C19H21N5O2S/c1-4-20-16(25)8-13-10-27-19-22-17-14(18(26)23(13)19)9-21-24(17)15-6-5-11(2)7-12(15)3/h5-7,9,13H,4,8,10H2,1-3H3,(H,20,25). The molecule has 1 atom stereocenters. The molecule has 1 N–H and O–H groups in total. The largest absolute Gasteiger partial charge is 0.356 e. The van der Waals surface area contributed by atoms with E-state index in [2.05, 4.69) is 16.5 Å². The summed E-state index contributed by atoms with van der Waals surface area (Å²) in [5.74, 6) is 0.622. The van der Waals surface area contributed by atoms with E-state index >= 15 is 0 Å². The fourth-order valence-corrected chi connectivity index (χ4v) is 4.61. The van der Waals surface area contributed by atoms with Gasteiger partial charge in [0, 0.05) is 18.7 Å². The molecule has 0 spiro atoms. The van der Waals surface area contributed by atoms with Crippen molar-refractivity contribution in [1.29, 1.82) is 0 Å². The maximum absolute atomic E-state index is 13.1. The van der Waals surface area contributed by atoms with Crippen molar-refractivity contribution in [1.82, 2.24) is 24.6 Å². The Labute approximate surface area is 160 Å². The lowest BCUT2D eigenvalue weighted by atomic mass is 10.1. The molecular formula is C19H21N5O2S. The van der Waals surface area contributed by atoms with Gasteiger partial charge >= 0.3 is 0 Å². The zero-order chi connectivity index (χ0) is 19.1. The molecule has 0 aliphatic carbocycles. The first-order chi connectivity index (χ1) is 13.0. The Balaban J connectivity index is 1.80. The number of carbonyl (C=O) groups excluding carboxylic acids is 1. The third-order valence-corrected chi connectivity index (χ3v) is 5.84. The minimum absolute atomic E-state index is 0.0473. The molecule has 0 saturated carbocycles. The lowest BCUT2D eigenvalue weighted by Crippen LogP contribution is -2.30. The summed E-state index contributed by atoms with van der Waals surface area (Å²) in [6.45, 7) is 6.53. The van der Waals surface area contributed by atoms with E-state index in [9.17, 15) is 9.59 Å². The van der Waals surface area contributed by atoms with Crippen LogP contribution in [0.25, 0.3) is 16.7 Å². The van der Waals surface area contributed by atoms with Crippen molar-refractivity contribution in [3.8, 4) is 5.69 Å². The van der Waals surface area contributed by atoms with Crippen molar-refractivity contribution >= 4 is 28.7 Å². The van der Waals surface area contributed by atoms with Crippen LogP contribution < -0.4 is 10.9 Å². The molecule has 1 aliphatic heterocycles. The minimum Gasteiger partial charge on any atom is -0.356 e. The van der Waals surface area contributed by atoms with Gasteiger partial charge in [-0.2, -0.15) is 5.10 Å². The SMILES string of the molecule is CCNC(=O)CC1CSc2nc3c(cnn3-c3ccc(C)cc3C)c(=O)n21. The zero-order valence-electron chi connectivity index (χ0n) is 15.5. The van der Waals surface area contributed by atoms with Crippen molar-refractivity contribution in [3.63, 3.8) is 0 Å². The van der Waals surface area contributed by atoms with E-state index in [4.69, 9.17) is 4.98 Å². The molecule has 1 aliphatic rings. The van der Waals surface area contributed by atoms with Crippen LogP contribution in [-0.2, 0) is 4.79 Å². The Morgan fingerprint density at radius 2 is 2.19 bits per heavy atom. The molecule has 7 nitrogen and oxygen atoms in total. The summed E-state index contributed by atoms with van der Waals surface area (Å²) in [6, 6.07) is 5.92. The van der Waals surface area contributed by atoms with Gasteiger partial charge in [0.1, 0.15) is 5.39 Å². The number of carbonyl (C=O) groups is 1. The summed E-state index contributed by atoms with van der Waals surface area (Å²) in [7, 11) is 0. The number of rotatable bonds is 4. The van der Waals surface area contributed by atoms with Gasteiger partial charge in [0.2, 0.25) is 5.91 Å². The van der Waals surface area contributed by atoms with Crippen LogP contribution in [0.2, 0.25) is 0 Å². The highest BCUT2D eigenvalue weighted by Gasteiger charge is 2.29. The van der Waals surface area contributed by atoms with Gasteiger partial charge in [-0.15, -0.1) is 0 Å². The molecule has 1 amide bonds. The zero-order valence-corrected chi connectivity index (χ0v) is 16.3. The smallest absolute Gasteiger partial charge is 0.265 e. The van der Waals surface area contributed by atoms with Crippen LogP contribution >= 0.6 is 11.8 Å². The highest BCUT2D eigenvalue weighted by atomic mass is 32.2. The number of hydrogen-bond donors (Lipinski definition) is 1. The highest BCUT2D eigenvalue weighted by molar-refractivity contribution is 7.99. The summed E-state index contributed by atoms with van der Waals surface area (Å²) in [5.41, 5.74) is 3.58. The Hall–Kier alpha value is -2.61. The van der Waals surface area contributed by atoms with E-state index in [1.807, 2.05) is 32.9 Å². The van der Waals surface area contributed by atoms with E-state index in [-0.39, 0.29) is 23.9 Å². The van der Waals surface area contributed by atoms with Gasteiger partial charge in [0.25, 0.3) is 5.56 Å². The molecule has 4 rings (SSSR count). The molecule has 3 heterocycles. The van der Waals surface area contributed by atoms with Crippen LogP contribution in [0.4, 0.5) is 0 Å². The van der Waals surface area contributed by atoms with E-state index in [1.54, 1.807) is 15.4 Å². The van der Waals surface area contributed by atoms with Crippen molar-refractivity contribution in [2.24, 2.45) is 0 Å². The Kier molecular flexibility index (Phi) is 4.51. The average Bonchev–Trinajstić information content (AvgIpc) is 3.21. The molecule has 140 valence electrons. The third kappa shape index (κ3) is 3.03. The van der Waals surface area contributed by atoms with Gasteiger partial charge in [0.15, 0.2) is 10.8 Å². The number of benzene rings is 1. The predicted molar refractivity (Wildman–Crippen MR) is 106 cm³/mol. The topological polar surface area (TPSA) is 81.8 Å². The molecular weight excluding hydrogens is 362 g/mol. The first kappa shape index (κ1) is 17.8. The first-order valence-corrected chi connectivity index (χ1v) is 9.95. The summed E-state index contributed by atoms with van der Waals surface area (Å²) >= 11 is 1.51. The molecule has 1 unspecified atom stereocenters. The number of aryl methyl sites for hydroxylation is 2. The van der Waals surface area contributed by atoms with Crippen LogP contribution in [-0.4, -0.2) is 37.5 Å². The fourth-order valence-electron chi connectivity index (χ4n) is 3.48. The third-order valence-electron chi connectivity index (χ3n) is 4.75. The van der Waals surface area contributed by atoms with Gasteiger partial charge in [-0.1, -0.05) is 29.5 Å². The lowest BCUT2D eigenvalue weighted by Gasteiger charge is -2.13. The summed E-state index contributed by atoms with van der Waals surface area (Å²) in [4.78, 5) is 29.8. The maximum atomic E-state index is 13.1. The van der Waals surface area contributed by atoms with Gasteiger partial charge in [-0.3, -0.25) is 14.2 Å². The molecule has 0 saturated heterocycles. The van der Waals surface area contributed by atoms with E-state index in [0.29, 0.717) is 28.5 Å². The van der Waals surface area contributed by atoms with Crippen LogP contribution in [0, 0.1) is 13.8 Å². The maximum Gasteiger partial charge on any atom is 0.265 e. The highest BCUT2D eigenvalue weighted by Crippen LogP contribution is 2.33. The summed E-state index contributed by atoms with van der Waals surface area (Å²) < 4.78 is 3.38. The van der Waals surface area contributed by atoms with Gasteiger partial charge in [-0.25, -0.2) is 9.67 Å². The normalized spacial score (nSPS) is 15.9. The number of nitrogens with one attached hydrogen (secondary N) is 1. The van der Waals surface area contributed by atoms with E-state index in [1.165, 1.54) is 17.3 Å². The predicted octanol–water partition coefficient (Wildman–Crippen LogP) is 2.37. The Morgan fingerprint density at radius 3 is 2.93 bits per heavy atom. The van der Waals surface area contributed by atoms with Gasteiger partial charge in [-0.05, 0) is 32.4 Å². The molecule has 27 heavy (non-hydrogen) atoms. The number of amides is 1. The second-order valence-electron chi connectivity index (χ2n) is 6.78. The average molecular weight is 383 g/mol. The first-order valence-electron chi connectivity index (χ1n) is 8.97. The summed E-state index contributed by atoms with van der Waals surface area (Å²) in [5, 5.41) is 8.34. The van der Waals surface area contributed by atoms with Crippen LogP contribution in [0.15, 0.2) is 34.3 Å². The second kappa shape index (κ2) is 6.84. The quantitative estimate of drug-likeness (QED) is 0.700. The second-order valence-corrected chi connectivity index (χ2v) is 7.76. The van der Waals surface area contributed by atoms with Gasteiger partial charge in [0.05, 0.1) is 17.9 Å². The van der Waals surface area contributed by atoms with Crippen LogP contribution in [0.5, 0.6) is 0 Å². The number of aromatic nitrogens is 4. The Bertz CT molecular complexity index is 1100. The lowest BCUT2D eigenvalue weighted by molar-refractivity contribution is -0.121. The molecule has 1 aromatic carbocycles. The number of nitrogens with zero attached hydrogens (tertiary/aromatic N) is 4. The number of hydrogen-bond acceptors (Lipinski definition) is 5. The molecule has 0 radical (unpaired) electrons. The number of fused-ring (bicyclic) bond motifs is 2. The Morgan fingerprint density at radius 1 is 1.37 bits per heavy atom. The summed E-state index contributed by atoms with van der Waals surface area (Å²) in [6.07, 6.45) is 1.86. The molecule has 3 aromatic rings. The monoisotopic (exact) mass is 383 g/mol. The molecule has 0 fully saturated rings. The van der Waals surface area contributed by atoms with Crippen LogP contribution in [0.3, 0.4) is 0 Å². The minimum atomic E-state index is -0.176. The van der Waals surface area contributed by atoms with Crippen LogP contribution in [0.1, 0.15) is 30.5 Å². The van der Waals surface area contributed by atoms with Gasteiger partial charge < -0.3 is 5.32 Å². The van der Waals surface area contributed by atoms with Crippen molar-refractivity contribution < 1.29 is 4.79 Å². The fraction of sp³-hybridized carbons (Fsp3) is 0.368. The van der Waals surface area contributed by atoms with E-state index < -0.39 is 0 Å². The van der Waals surface area contributed by atoms with Crippen molar-refractivity contribution in [2.45, 2.75) is 38.4 Å². The van der Waals surface area contributed by atoms with Crippen molar-refractivity contribution in [2.75, 3.05) is 12.3 Å². The van der Waals surface area contributed by atoms with E-state index in [0.717, 1.165) is 11.3 Å². The number of thioether (sulfide) groups is 1.